The second-order valence-electron chi connectivity index (χ2n) is 6.30. The molecule has 0 amide bonds. The Balaban J connectivity index is 2.17. The van der Waals surface area contributed by atoms with Crippen molar-refractivity contribution in [3.8, 4) is 51.5 Å². The smallest absolute Gasteiger partial charge is 0.203 e. The van der Waals surface area contributed by atoms with Gasteiger partial charge in [-0.15, -0.1) is 0 Å². The van der Waals surface area contributed by atoms with Gasteiger partial charge in [0.15, 0.2) is 11.5 Å². The summed E-state index contributed by atoms with van der Waals surface area (Å²) < 4.78 is 21.8. The Kier molecular flexibility index (Phi) is 6.28. The number of aromatic nitrogens is 1. The van der Waals surface area contributed by atoms with E-state index in [1.54, 1.807) is 33.5 Å². The number of nitrogens with two attached hydrogens (primary N) is 1. The third kappa shape index (κ3) is 3.94. The summed E-state index contributed by atoms with van der Waals surface area (Å²) in [7, 11) is 4.64. The van der Waals surface area contributed by atoms with Crippen LogP contribution in [0.2, 0.25) is 0 Å². The highest BCUT2D eigenvalue weighted by Gasteiger charge is 2.18. The van der Waals surface area contributed by atoms with E-state index in [0.29, 0.717) is 46.2 Å². The van der Waals surface area contributed by atoms with Gasteiger partial charge < -0.3 is 24.7 Å². The van der Waals surface area contributed by atoms with E-state index in [1.807, 2.05) is 37.3 Å². The molecule has 0 atom stereocenters. The number of anilines is 1. The van der Waals surface area contributed by atoms with E-state index in [1.165, 1.54) is 0 Å². The number of nitriles is 1. The molecule has 7 nitrogen and oxygen atoms in total. The number of nitrogens with zero attached hydrogens (tertiary/aromatic N) is 2. The molecule has 0 aliphatic carbocycles. The molecule has 0 unspecified atom stereocenters. The first-order chi connectivity index (χ1) is 14.6. The van der Waals surface area contributed by atoms with Crippen molar-refractivity contribution in [2.45, 2.75) is 6.92 Å². The van der Waals surface area contributed by atoms with Gasteiger partial charge >= 0.3 is 0 Å². The molecule has 1 aromatic heterocycles. The van der Waals surface area contributed by atoms with Crippen LogP contribution in [-0.2, 0) is 0 Å². The average molecular weight is 405 g/mol. The van der Waals surface area contributed by atoms with Gasteiger partial charge in [0.2, 0.25) is 5.75 Å². The second kappa shape index (κ2) is 9.05. The second-order valence-corrected chi connectivity index (χ2v) is 6.30. The maximum Gasteiger partial charge on any atom is 0.203 e. The molecule has 154 valence electrons. The summed E-state index contributed by atoms with van der Waals surface area (Å²) in [6.45, 7) is 2.51. The van der Waals surface area contributed by atoms with Crippen LogP contribution in [0.3, 0.4) is 0 Å². The van der Waals surface area contributed by atoms with E-state index in [-0.39, 0.29) is 5.82 Å². The minimum atomic E-state index is 0.146. The number of benzene rings is 2. The predicted molar refractivity (Wildman–Crippen MR) is 115 cm³/mol. The van der Waals surface area contributed by atoms with E-state index in [4.69, 9.17) is 24.7 Å². The summed E-state index contributed by atoms with van der Waals surface area (Å²) in [5.41, 5.74) is 9.25. The minimum absolute atomic E-state index is 0.146. The van der Waals surface area contributed by atoms with Crippen molar-refractivity contribution in [3.63, 3.8) is 0 Å². The molecule has 0 spiro atoms. The van der Waals surface area contributed by atoms with Gasteiger partial charge in [-0.2, -0.15) is 5.26 Å². The monoisotopic (exact) mass is 405 g/mol. The Morgan fingerprint density at radius 3 is 2.07 bits per heavy atom. The molecule has 2 aromatic carbocycles. The number of rotatable bonds is 7. The Hall–Kier alpha value is -3.92. The molecule has 0 bridgehead atoms. The van der Waals surface area contributed by atoms with E-state index in [9.17, 15) is 5.26 Å². The van der Waals surface area contributed by atoms with E-state index < -0.39 is 0 Å². The first kappa shape index (κ1) is 20.8. The molecule has 0 fully saturated rings. The first-order valence-corrected chi connectivity index (χ1v) is 9.30. The van der Waals surface area contributed by atoms with Crippen molar-refractivity contribution in [1.29, 1.82) is 5.26 Å². The van der Waals surface area contributed by atoms with Crippen LogP contribution in [0.5, 0.6) is 23.0 Å². The lowest BCUT2D eigenvalue weighted by Gasteiger charge is -2.15. The SMILES string of the molecule is CCOc1ccc(-c2cc(-c3cc(OC)c(OC)c(OC)c3)nc(N)c2C#N)cc1. The lowest BCUT2D eigenvalue weighted by atomic mass is 9.98. The zero-order valence-electron chi connectivity index (χ0n) is 17.4. The van der Waals surface area contributed by atoms with E-state index in [2.05, 4.69) is 11.1 Å². The molecule has 0 saturated heterocycles. The number of hydrogen-bond donors (Lipinski definition) is 1. The van der Waals surface area contributed by atoms with Crippen molar-refractivity contribution >= 4 is 5.82 Å². The van der Waals surface area contributed by atoms with Crippen LogP contribution in [0.25, 0.3) is 22.4 Å². The average Bonchev–Trinajstić information content (AvgIpc) is 2.78. The zero-order valence-corrected chi connectivity index (χ0v) is 17.4. The van der Waals surface area contributed by atoms with Gasteiger partial charge in [0.05, 0.1) is 33.6 Å². The van der Waals surface area contributed by atoms with Gasteiger partial charge in [0.25, 0.3) is 0 Å². The Bertz CT molecular complexity index is 1060. The van der Waals surface area contributed by atoms with Crippen LogP contribution in [0.1, 0.15) is 12.5 Å². The summed E-state index contributed by atoms with van der Waals surface area (Å²) in [5.74, 6) is 2.38. The third-order valence-corrected chi connectivity index (χ3v) is 4.60. The molecule has 0 aliphatic heterocycles. The standard InChI is InChI=1S/C23H23N3O4/c1-5-30-16-8-6-14(7-9-16)17-12-19(26-23(25)18(17)13-24)15-10-20(27-2)22(29-4)21(11-15)28-3/h6-12H,5H2,1-4H3,(H2,25,26). The molecular formula is C23H23N3O4. The quantitative estimate of drug-likeness (QED) is 0.626. The maximum atomic E-state index is 9.64. The Morgan fingerprint density at radius 2 is 1.57 bits per heavy atom. The fourth-order valence-electron chi connectivity index (χ4n) is 3.18. The molecule has 0 saturated carbocycles. The number of methoxy groups -OCH3 is 3. The summed E-state index contributed by atoms with van der Waals surface area (Å²) in [6, 6.07) is 15.0. The topological polar surface area (TPSA) is 99.6 Å². The van der Waals surface area contributed by atoms with Crippen molar-refractivity contribution in [1.82, 2.24) is 4.98 Å². The predicted octanol–water partition coefficient (Wildman–Crippen LogP) is 4.29. The summed E-state index contributed by atoms with van der Waals surface area (Å²) in [4.78, 5) is 4.43. The lowest BCUT2D eigenvalue weighted by molar-refractivity contribution is 0.324. The molecule has 0 aliphatic rings. The highest BCUT2D eigenvalue weighted by molar-refractivity contribution is 5.81. The fourth-order valence-corrected chi connectivity index (χ4v) is 3.18. The van der Waals surface area contributed by atoms with Crippen molar-refractivity contribution in [3.05, 3.63) is 48.0 Å². The molecule has 7 heteroatoms. The number of hydrogen-bond acceptors (Lipinski definition) is 7. The molecular weight excluding hydrogens is 382 g/mol. The fraction of sp³-hybridized carbons (Fsp3) is 0.217. The largest absolute Gasteiger partial charge is 0.494 e. The van der Waals surface area contributed by atoms with Gasteiger partial charge in [-0.25, -0.2) is 4.98 Å². The van der Waals surface area contributed by atoms with Crippen molar-refractivity contribution < 1.29 is 18.9 Å². The third-order valence-electron chi connectivity index (χ3n) is 4.60. The molecule has 3 rings (SSSR count). The van der Waals surface area contributed by atoms with Crippen LogP contribution in [0, 0.1) is 11.3 Å². The number of ether oxygens (including phenoxy) is 4. The molecule has 1 heterocycles. The summed E-state index contributed by atoms with van der Waals surface area (Å²) in [6.07, 6.45) is 0. The van der Waals surface area contributed by atoms with Crippen molar-refractivity contribution in [2.75, 3.05) is 33.7 Å². The van der Waals surface area contributed by atoms with Gasteiger partial charge in [0, 0.05) is 11.1 Å². The first-order valence-electron chi connectivity index (χ1n) is 9.30. The van der Waals surface area contributed by atoms with E-state index >= 15 is 0 Å². The molecule has 3 aromatic rings. The van der Waals surface area contributed by atoms with Crippen molar-refractivity contribution in [2.24, 2.45) is 0 Å². The highest BCUT2D eigenvalue weighted by atomic mass is 16.5. The van der Waals surface area contributed by atoms with Gasteiger partial charge in [0.1, 0.15) is 23.2 Å². The van der Waals surface area contributed by atoms with Crippen LogP contribution in [0.15, 0.2) is 42.5 Å². The van der Waals surface area contributed by atoms with Crippen LogP contribution in [0.4, 0.5) is 5.82 Å². The Morgan fingerprint density at radius 1 is 0.933 bits per heavy atom. The molecule has 30 heavy (non-hydrogen) atoms. The highest BCUT2D eigenvalue weighted by Crippen LogP contribution is 2.42. The lowest BCUT2D eigenvalue weighted by Crippen LogP contribution is -2.01. The number of pyridine rings is 1. The summed E-state index contributed by atoms with van der Waals surface area (Å²) in [5, 5.41) is 9.64. The Labute approximate surface area is 175 Å². The van der Waals surface area contributed by atoms with Gasteiger partial charge in [-0.1, -0.05) is 12.1 Å². The molecule has 0 radical (unpaired) electrons. The van der Waals surface area contributed by atoms with Gasteiger partial charge in [-0.05, 0) is 42.8 Å². The van der Waals surface area contributed by atoms with Crippen LogP contribution < -0.4 is 24.7 Å². The maximum absolute atomic E-state index is 9.64. The van der Waals surface area contributed by atoms with Gasteiger partial charge in [-0.3, -0.25) is 0 Å². The minimum Gasteiger partial charge on any atom is -0.494 e. The normalized spacial score (nSPS) is 10.2. The van der Waals surface area contributed by atoms with E-state index in [0.717, 1.165) is 11.3 Å². The number of nitrogen functional groups attached to an aromatic ring is 1. The summed E-state index contributed by atoms with van der Waals surface area (Å²) >= 11 is 0. The zero-order chi connectivity index (χ0) is 21.7. The van der Waals surface area contributed by atoms with Crippen LogP contribution in [-0.4, -0.2) is 32.9 Å². The molecule has 2 N–H and O–H groups in total. The van der Waals surface area contributed by atoms with Crippen LogP contribution >= 0.6 is 0 Å².